The molecule has 1 aromatic carbocycles. The third-order valence-corrected chi connectivity index (χ3v) is 3.40. The van der Waals surface area contributed by atoms with E-state index in [0.29, 0.717) is 5.92 Å². The Morgan fingerprint density at radius 3 is 2.65 bits per heavy atom. The van der Waals surface area contributed by atoms with Crippen molar-refractivity contribution < 1.29 is 5.11 Å². The van der Waals surface area contributed by atoms with Crippen LogP contribution in [0, 0.1) is 0 Å². The first-order valence-corrected chi connectivity index (χ1v) is 6.56. The quantitative estimate of drug-likeness (QED) is 0.840. The number of piperidine rings is 1. The molecule has 0 saturated carbocycles. The summed E-state index contributed by atoms with van der Waals surface area (Å²) in [5.41, 5.74) is 2.06. The Balaban J connectivity index is 2.10. The molecule has 0 bridgehead atoms. The van der Waals surface area contributed by atoms with Crippen LogP contribution < -0.4 is 5.32 Å². The van der Waals surface area contributed by atoms with Crippen LogP contribution in [-0.4, -0.2) is 23.8 Å². The molecule has 0 atom stereocenters. The lowest BCUT2D eigenvalue weighted by Gasteiger charge is -2.24. The number of hydrogen-bond acceptors (Lipinski definition) is 2. The van der Waals surface area contributed by atoms with Crippen LogP contribution in [0.4, 0.5) is 0 Å². The van der Waals surface area contributed by atoms with Gasteiger partial charge in [0.25, 0.3) is 0 Å². The van der Waals surface area contributed by atoms with Crippen LogP contribution in [-0.2, 0) is 6.42 Å². The van der Waals surface area contributed by atoms with E-state index in [4.69, 9.17) is 0 Å². The van der Waals surface area contributed by atoms with E-state index in [0.717, 1.165) is 19.5 Å². The van der Waals surface area contributed by atoms with Gasteiger partial charge in [0.05, 0.1) is 5.60 Å². The largest absolute Gasteiger partial charge is 0.390 e. The van der Waals surface area contributed by atoms with E-state index >= 15 is 0 Å². The SMILES string of the molecule is CC(C)(O)Cc1cccc(C2CCNCC2)c1. The van der Waals surface area contributed by atoms with Gasteiger partial charge in [-0.15, -0.1) is 0 Å². The predicted octanol–water partition coefficient (Wildman–Crippen LogP) is 2.47. The number of rotatable bonds is 3. The second-order valence-corrected chi connectivity index (χ2v) is 5.76. The first-order chi connectivity index (χ1) is 8.04. The van der Waals surface area contributed by atoms with Gasteiger partial charge in [-0.1, -0.05) is 24.3 Å². The van der Waals surface area contributed by atoms with Crippen molar-refractivity contribution in [3.05, 3.63) is 35.4 Å². The highest BCUT2D eigenvalue weighted by atomic mass is 16.3. The summed E-state index contributed by atoms with van der Waals surface area (Å²) < 4.78 is 0. The summed E-state index contributed by atoms with van der Waals surface area (Å²) in [5, 5.41) is 13.3. The number of benzene rings is 1. The van der Waals surface area contributed by atoms with E-state index in [1.54, 1.807) is 0 Å². The summed E-state index contributed by atoms with van der Waals surface area (Å²) in [6, 6.07) is 8.73. The molecule has 0 spiro atoms. The highest BCUT2D eigenvalue weighted by Gasteiger charge is 2.17. The molecule has 1 aliphatic heterocycles. The zero-order valence-corrected chi connectivity index (χ0v) is 10.9. The van der Waals surface area contributed by atoms with Crippen LogP contribution in [0.5, 0.6) is 0 Å². The lowest BCUT2D eigenvalue weighted by Crippen LogP contribution is -2.26. The van der Waals surface area contributed by atoms with Crippen LogP contribution in [0.3, 0.4) is 0 Å². The third-order valence-electron chi connectivity index (χ3n) is 3.40. The standard InChI is InChI=1S/C15H23NO/c1-15(2,17)11-12-4-3-5-14(10-12)13-6-8-16-9-7-13/h3-5,10,13,16-17H,6-9,11H2,1-2H3. The highest BCUT2D eigenvalue weighted by Crippen LogP contribution is 2.26. The minimum absolute atomic E-state index is 0.618. The minimum atomic E-state index is -0.618. The van der Waals surface area contributed by atoms with Gasteiger partial charge in [0, 0.05) is 6.42 Å². The molecule has 0 aliphatic carbocycles. The van der Waals surface area contributed by atoms with Gasteiger partial charge in [-0.05, 0) is 56.8 Å². The molecule has 2 heteroatoms. The lowest BCUT2D eigenvalue weighted by molar-refractivity contribution is 0.0810. The predicted molar refractivity (Wildman–Crippen MR) is 71.3 cm³/mol. The summed E-state index contributed by atoms with van der Waals surface area (Å²) in [5.74, 6) is 0.693. The number of hydrogen-bond donors (Lipinski definition) is 2. The highest BCUT2D eigenvalue weighted by molar-refractivity contribution is 5.27. The molecule has 0 radical (unpaired) electrons. The van der Waals surface area contributed by atoms with Crippen molar-refractivity contribution in [2.75, 3.05) is 13.1 Å². The molecule has 1 saturated heterocycles. The van der Waals surface area contributed by atoms with Crippen LogP contribution >= 0.6 is 0 Å². The van der Waals surface area contributed by atoms with E-state index in [9.17, 15) is 5.11 Å². The maximum atomic E-state index is 9.86. The van der Waals surface area contributed by atoms with Crippen molar-refractivity contribution in [3.63, 3.8) is 0 Å². The van der Waals surface area contributed by atoms with Gasteiger partial charge in [-0.25, -0.2) is 0 Å². The average Bonchev–Trinajstić information content (AvgIpc) is 2.28. The van der Waals surface area contributed by atoms with E-state index in [1.165, 1.54) is 24.0 Å². The van der Waals surface area contributed by atoms with Gasteiger partial charge in [-0.3, -0.25) is 0 Å². The molecule has 94 valence electrons. The Morgan fingerprint density at radius 1 is 1.29 bits per heavy atom. The Hall–Kier alpha value is -0.860. The maximum Gasteiger partial charge on any atom is 0.0631 e. The van der Waals surface area contributed by atoms with Crippen LogP contribution in [0.25, 0.3) is 0 Å². The van der Waals surface area contributed by atoms with Gasteiger partial charge in [-0.2, -0.15) is 0 Å². The maximum absolute atomic E-state index is 9.86. The van der Waals surface area contributed by atoms with E-state index in [2.05, 4.69) is 29.6 Å². The van der Waals surface area contributed by atoms with Gasteiger partial charge >= 0.3 is 0 Å². The molecule has 1 heterocycles. The summed E-state index contributed by atoms with van der Waals surface area (Å²) in [6.07, 6.45) is 3.18. The molecule has 1 aromatic rings. The molecule has 2 nitrogen and oxygen atoms in total. The second kappa shape index (κ2) is 5.19. The minimum Gasteiger partial charge on any atom is -0.390 e. The first-order valence-electron chi connectivity index (χ1n) is 6.56. The molecular formula is C15H23NO. The summed E-state index contributed by atoms with van der Waals surface area (Å²) in [4.78, 5) is 0. The molecule has 2 rings (SSSR count). The third kappa shape index (κ3) is 3.83. The van der Waals surface area contributed by atoms with Gasteiger partial charge in [0.1, 0.15) is 0 Å². The number of nitrogens with one attached hydrogen (secondary N) is 1. The van der Waals surface area contributed by atoms with Gasteiger partial charge in [0.2, 0.25) is 0 Å². The van der Waals surface area contributed by atoms with Crippen LogP contribution in [0.1, 0.15) is 43.7 Å². The number of aliphatic hydroxyl groups is 1. The summed E-state index contributed by atoms with van der Waals surface area (Å²) in [7, 11) is 0. The van der Waals surface area contributed by atoms with Crippen molar-refractivity contribution in [1.29, 1.82) is 0 Å². The van der Waals surface area contributed by atoms with Crippen molar-refractivity contribution in [1.82, 2.24) is 5.32 Å². The Bertz CT molecular complexity index is 361. The van der Waals surface area contributed by atoms with Crippen LogP contribution in [0.2, 0.25) is 0 Å². The molecule has 2 N–H and O–H groups in total. The second-order valence-electron chi connectivity index (χ2n) is 5.76. The Morgan fingerprint density at radius 2 is 2.00 bits per heavy atom. The fourth-order valence-corrected chi connectivity index (χ4v) is 2.61. The fraction of sp³-hybridized carbons (Fsp3) is 0.600. The molecule has 17 heavy (non-hydrogen) atoms. The summed E-state index contributed by atoms with van der Waals surface area (Å²) >= 11 is 0. The average molecular weight is 233 g/mol. The fourth-order valence-electron chi connectivity index (χ4n) is 2.61. The molecule has 1 aliphatic rings. The van der Waals surface area contributed by atoms with E-state index in [-0.39, 0.29) is 0 Å². The van der Waals surface area contributed by atoms with Gasteiger partial charge in [0.15, 0.2) is 0 Å². The molecular weight excluding hydrogens is 210 g/mol. The van der Waals surface area contributed by atoms with E-state index in [1.807, 2.05) is 13.8 Å². The van der Waals surface area contributed by atoms with Gasteiger partial charge < -0.3 is 10.4 Å². The lowest BCUT2D eigenvalue weighted by atomic mass is 9.88. The Labute approximate surface area is 104 Å². The summed E-state index contributed by atoms with van der Waals surface area (Å²) in [6.45, 7) is 5.98. The smallest absolute Gasteiger partial charge is 0.0631 e. The molecule has 1 fully saturated rings. The molecule has 0 unspecified atom stereocenters. The Kier molecular flexibility index (Phi) is 3.85. The monoisotopic (exact) mass is 233 g/mol. The zero-order valence-electron chi connectivity index (χ0n) is 10.9. The zero-order chi connectivity index (χ0) is 12.3. The van der Waals surface area contributed by atoms with Crippen molar-refractivity contribution in [3.8, 4) is 0 Å². The topological polar surface area (TPSA) is 32.3 Å². The van der Waals surface area contributed by atoms with Crippen molar-refractivity contribution in [2.45, 2.75) is 44.6 Å². The van der Waals surface area contributed by atoms with E-state index < -0.39 is 5.60 Å². The molecule has 0 aromatic heterocycles. The van der Waals surface area contributed by atoms with Crippen molar-refractivity contribution >= 4 is 0 Å². The normalized spacial score (nSPS) is 18.3. The van der Waals surface area contributed by atoms with Crippen LogP contribution in [0.15, 0.2) is 24.3 Å². The molecule has 0 amide bonds. The van der Waals surface area contributed by atoms with Crippen molar-refractivity contribution in [2.24, 2.45) is 0 Å². The first kappa shape index (κ1) is 12.6.